The number of hydrogen-bond donors (Lipinski definition) is 2. The van der Waals surface area contributed by atoms with Gasteiger partial charge in [0, 0.05) is 4.88 Å². The number of carbonyl (C=O) groups is 3. The average molecular weight is 363 g/mol. The van der Waals surface area contributed by atoms with Gasteiger partial charge in [0.05, 0.1) is 24.0 Å². The number of carboxylic acid groups (broad SMARTS) is 1. The average Bonchev–Trinajstić information content (AvgIpc) is 3.21. The van der Waals surface area contributed by atoms with Crippen LogP contribution in [0.1, 0.15) is 34.1 Å². The first-order valence-corrected chi connectivity index (χ1v) is 9.15. The molecule has 0 saturated heterocycles. The number of carbonyl (C=O) groups excluding carboxylic acids is 2. The summed E-state index contributed by atoms with van der Waals surface area (Å²) in [6.07, 6.45) is 4.53. The van der Waals surface area contributed by atoms with Gasteiger partial charge in [-0.15, -0.1) is 11.3 Å². The molecule has 0 radical (unpaired) electrons. The van der Waals surface area contributed by atoms with Crippen molar-refractivity contribution in [3.63, 3.8) is 0 Å². The highest BCUT2D eigenvalue weighted by Gasteiger charge is 2.51. The Labute approximate surface area is 149 Å². The van der Waals surface area contributed by atoms with E-state index in [1.165, 1.54) is 11.3 Å². The number of aryl methyl sites for hydroxylation is 1. The molecule has 2 bridgehead atoms. The number of carboxylic acids is 1. The van der Waals surface area contributed by atoms with Crippen LogP contribution in [0.15, 0.2) is 12.2 Å². The SMILES string of the molecule is CCOC(=O)c1c(NC(=O)[C@H]2[C@@H](C(=O)O)[C@@H]3C=C[C@@H]2C3)sc(C)c1C. The molecule has 1 saturated carbocycles. The largest absolute Gasteiger partial charge is 0.481 e. The zero-order valence-corrected chi connectivity index (χ0v) is 15.2. The highest BCUT2D eigenvalue weighted by atomic mass is 32.1. The number of rotatable bonds is 5. The first-order valence-electron chi connectivity index (χ1n) is 8.34. The van der Waals surface area contributed by atoms with Crippen LogP contribution in [0.25, 0.3) is 0 Å². The van der Waals surface area contributed by atoms with Gasteiger partial charge in [-0.3, -0.25) is 9.59 Å². The van der Waals surface area contributed by atoms with Crippen LogP contribution < -0.4 is 5.32 Å². The van der Waals surface area contributed by atoms with Gasteiger partial charge in [0.15, 0.2) is 0 Å². The minimum absolute atomic E-state index is 0.0562. The summed E-state index contributed by atoms with van der Waals surface area (Å²) in [5, 5.41) is 12.7. The van der Waals surface area contributed by atoms with Crippen LogP contribution >= 0.6 is 11.3 Å². The van der Waals surface area contributed by atoms with E-state index in [-0.39, 0.29) is 24.3 Å². The molecule has 1 amide bonds. The number of hydrogen-bond acceptors (Lipinski definition) is 5. The molecule has 6 nitrogen and oxygen atoms in total. The van der Waals surface area contributed by atoms with E-state index >= 15 is 0 Å². The summed E-state index contributed by atoms with van der Waals surface area (Å²) in [7, 11) is 0. The molecule has 1 aromatic rings. The Morgan fingerprint density at radius 2 is 1.88 bits per heavy atom. The van der Waals surface area contributed by atoms with Crippen LogP contribution in [-0.4, -0.2) is 29.6 Å². The fourth-order valence-corrected chi connectivity index (χ4v) is 4.93. The summed E-state index contributed by atoms with van der Waals surface area (Å²) in [6, 6.07) is 0. The molecule has 1 aromatic heterocycles. The van der Waals surface area contributed by atoms with Gasteiger partial charge in [0.2, 0.25) is 5.91 Å². The maximum Gasteiger partial charge on any atom is 0.341 e. The van der Waals surface area contributed by atoms with Crippen LogP contribution in [0, 0.1) is 37.5 Å². The molecule has 0 spiro atoms. The zero-order chi connectivity index (χ0) is 18.3. The van der Waals surface area contributed by atoms with Crippen molar-refractivity contribution in [1.82, 2.24) is 0 Å². The molecule has 2 N–H and O–H groups in total. The molecule has 1 fully saturated rings. The van der Waals surface area contributed by atoms with E-state index in [4.69, 9.17) is 4.74 Å². The number of fused-ring (bicyclic) bond motifs is 2. The molecular formula is C18H21NO5S. The van der Waals surface area contributed by atoms with Crippen molar-refractivity contribution in [2.75, 3.05) is 11.9 Å². The Bertz CT molecular complexity index is 766. The van der Waals surface area contributed by atoms with Gasteiger partial charge in [-0.1, -0.05) is 12.2 Å². The van der Waals surface area contributed by atoms with Crippen molar-refractivity contribution >= 4 is 34.2 Å². The zero-order valence-electron chi connectivity index (χ0n) is 14.4. The summed E-state index contributed by atoms with van der Waals surface area (Å²) in [5.41, 5.74) is 1.14. The van der Waals surface area contributed by atoms with E-state index in [9.17, 15) is 19.5 Å². The maximum absolute atomic E-state index is 12.8. The lowest BCUT2D eigenvalue weighted by atomic mass is 9.82. The molecule has 0 aliphatic heterocycles. The van der Waals surface area contributed by atoms with Gasteiger partial charge in [0.1, 0.15) is 5.00 Å². The predicted molar refractivity (Wildman–Crippen MR) is 93.7 cm³/mol. The summed E-state index contributed by atoms with van der Waals surface area (Å²) in [4.78, 5) is 37.6. The molecule has 2 aliphatic rings. The monoisotopic (exact) mass is 363 g/mol. The summed E-state index contributed by atoms with van der Waals surface area (Å²) < 4.78 is 5.09. The quantitative estimate of drug-likeness (QED) is 0.620. The Hall–Kier alpha value is -2.15. The minimum atomic E-state index is -0.943. The number of amides is 1. The van der Waals surface area contributed by atoms with Crippen LogP contribution in [0.4, 0.5) is 5.00 Å². The molecular weight excluding hydrogens is 342 g/mol. The Kier molecular flexibility index (Phi) is 4.69. The standard InChI is InChI=1S/C18H21NO5S/c1-4-24-18(23)12-8(2)9(3)25-16(12)19-15(20)13-10-5-6-11(7-10)14(13)17(21)22/h5-6,10-11,13-14H,4,7H2,1-3H3,(H,19,20)(H,21,22)/t10-,11-,13-,14+/m1/s1. The van der Waals surface area contributed by atoms with Crippen LogP contribution in [0.3, 0.4) is 0 Å². The van der Waals surface area contributed by atoms with Crippen molar-refractivity contribution < 1.29 is 24.2 Å². The topological polar surface area (TPSA) is 92.7 Å². The molecule has 1 heterocycles. The second-order valence-corrected chi connectivity index (χ2v) is 7.76. The first kappa shape index (κ1) is 17.7. The molecule has 2 aliphatic carbocycles. The van der Waals surface area contributed by atoms with Crippen molar-refractivity contribution in [2.45, 2.75) is 27.2 Å². The smallest absolute Gasteiger partial charge is 0.341 e. The fourth-order valence-electron chi connectivity index (χ4n) is 3.88. The molecule has 3 rings (SSSR count). The van der Waals surface area contributed by atoms with E-state index < -0.39 is 23.8 Å². The van der Waals surface area contributed by atoms with Gasteiger partial charge < -0.3 is 15.2 Å². The van der Waals surface area contributed by atoms with Gasteiger partial charge in [-0.05, 0) is 44.6 Å². The number of nitrogens with one attached hydrogen (secondary N) is 1. The number of esters is 1. The van der Waals surface area contributed by atoms with Gasteiger partial charge in [0.25, 0.3) is 0 Å². The number of ether oxygens (including phenoxy) is 1. The minimum Gasteiger partial charge on any atom is -0.481 e. The van der Waals surface area contributed by atoms with E-state index in [0.717, 1.165) is 10.4 Å². The van der Waals surface area contributed by atoms with E-state index in [2.05, 4.69) is 5.32 Å². The molecule has 0 unspecified atom stereocenters. The summed E-state index contributed by atoms with van der Waals surface area (Å²) >= 11 is 1.31. The first-order chi connectivity index (χ1) is 11.8. The van der Waals surface area contributed by atoms with Crippen molar-refractivity contribution in [1.29, 1.82) is 0 Å². The number of allylic oxidation sites excluding steroid dienone is 2. The molecule has 25 heavy (non-hydrogen) atoms. The Morgan fingerprint density at radius 3 is 2.48 bits per heavy atom. The lowest BCUT2D eigenvalue weighted by Crippen LogP contribution is -2.36. The molecule has 0 aromatic carbocycles. The lowest BCUT2D eigenvalue weighted by Gasteiger charge is -2.23. The van der Waals surface area contributed by atoms with Crippen molar-refractivity contribution in [2.24, 2.45) is 23.7 Å². The van der Waals surface area contributed by atoms with E-state index in [0.29, 0.717) is 17.0 Å². The predicted octanol–water partition coefficient (Wildman–Crippen LogP) is 3.00. The third-order valence-corrected chi connectivity index (χ3v) is 6.27. The maximum atomic E-state index is 12.8. The van der Waals surface area contributed by atoms with Crippen molar-refractivity contribution in [3.8, 4) is 0 Å². The van der Waals surface area contributed by atoms with E-state index in [1.807, 2.05) is 26.0 Å². The van der Waals surface area contributed by atoms with Gasteiger partial charge >= 0.3 is 11.9 Å². The Balaban J connectivity index is 1.87. The molecule has 4 atom stereocenters. The fraction of sp³-hybridized carbons (Fsp3) is 0.500. The van der Waals surface area contributed by atoms with Crippen LogP contribution in [0.5, 0.6) is 0 Å². The Morgan fingerprint density at radius 1 is 1.24 bits per heavy atom. The second kappa shape index (κ2) is 6.63. The third-order valence-electron chi connectivity index (χ3n) is 5.15. The normalized spacial score (nSPS) is 26.7. The number of anilines is 1. The van der Waals surface area contributed by atoms with Crippen LogP contribution in [0.2, 0.25) is 0 Å². The summed E-state index contributed by atoms with van der Waals surface area (Å²) in [6.45, 7) is 5.66. The highest BCUT2D eigenvalue weighted by molar-refractivity contribution is 7.16. The lowest BCUT2D eigenvalue weighted by molar-refractivity contribution is -0.146. The number of thiophene rings is 1. The highest BCUT2D eigenvalue weighted by Crippen LogP contribution is 2.48. The molecule has 134 valence electrons. The summed E-state index contributed by atoms with van der Waals surface area (Å²) in [5.74, 6) is -3.21. The van der Waals surface area contributed by atoms with Crippen LogP contribution in [-0.2, 0) is 14.3 Å². The van der Waals surface area contributed by atoms with Gasteiger partial charge in [-0.2, -0.15) is 0 Å². The van der Waals surface area contributed by atoms with Gasteiger partial charge in [-0.25, -0.2) is 4.79 Å². The molecule has 7 heteroatoms. The second-order valence-electron chi connectivity index (χ2n) is 6.54. The third kappa shape index (κ3) is 2.97. The van der Waals surface area contributed by atoms with Crippen molar-refractivity contribution in [3.05, 3.63) is 28.2 Å². The van der Waals surface area contributed by atoms with E-state index in [1.54, 1.807) is 6.92 Å². The number of aliphatic carboxylic acids is 1.